The number of hydrogen-bond acceptors (Lipinski definition) is 4. The molecule has 1 saturated carbocycles. The van der Waals surface area contributed by atoms with Gasteiger partial charge in [0.2, 0.25) is 5.95 Å². The predicted molar refractivity (Wildman–Crippen MR) is 49.7 cm³/mol. The van der Waals surface area contributed by atoms with Gasteiger partial charge in [-0.25, -0.2) is 9.97 Å². The fourth-order valence-corrected chi connectivity index (χ4v) is 1.37. The lowest BCUT2D eigenvalue weighted by atomic mass is 9.90. The summed E-state index contributed by atoms with van der Waals surface area (Å²) < 4.78 is 0. The fraction of sp³-hybridized carbons (Fsp3) is 0.500. The van der Waals surface area contributed by atoms with Crippen LogP contribution in [0.5, 0.6) is 0 Å². The first-order chi connectivity index (χ1) is 6.24. The van der Waals surface area contributed by atoms with Crippen molar-refractivity contribution in [2.45, 2.75) is 25.0 Å². The molecule has 4 nitrogen and oxygen atoms in total. The Labute approximate surface area is 81.0 Å². The van der Waals surface area contributed by atoms with Crippen molar-refractivity contribution >= 4 is 17.5 Å². The minimum atomic E-state index is -0.162. The summed E-state index contributed by atoms with van der Waals surface area (Å²) in [6.45, 7) is 0. The van der Waals surface area contributed by atoms with E-state index in [0.29, 0.717) is 17.0 Å². The number of nitrogens with one attached hydrogen (secondary N) is 1. The molecule has 0 bridgehead atoms. The number of halogens is 1. The summed E-state index contributed by atoms with van der Waals surface area (Å²) in [7, 11) is 0. The predicted octanol–water partition coefficient (Wildman–Crippen LogP) is 1.07. The maximum absolute atomic E-state index is 9.04. The van der Waals surface area contributed by atoms with Crippen molar-refractivity contribution in [3.8, 4) is 0 Å². The van der Waals surface area contributed by atoms with E-state index >= 15 is 0 Å². The van der Waals surface area contributed by atoms with Crippen LogP contribution < -0.4 is 5.32 Å². The van der Waals surface area contributed by atoms with Gasteiger partial charge in [0.05, 0.1) is 23.5 Å². The van der Waals surface area contributed by atoms with E-state index in [1.165, 1.54) is 0 Å². The van der Waals surface area contributed by atoms with Crippen LogP contribution in [0.1, 0.15) is 12.8 Å². The monoisotopic (exact) mass is 199 g/mol. The van der Waals surface area contributed by atoms with Crippen molar-refractivity contribution in [1.29, 1.82) is 0 Å². The van der Waals surface area contributed by atoms with E-state index in [4.69, 9.17) is 16.7 Å². The van der Waals surface area contributed by atoms with E-state index in [-0.39, 0.29) is 6.10 Å². The summed E-state index contributed by atoms with van der Waals surface area (Å²) in [5, 5.41) is 12.7. The van der Waals surface area contributed by atoms with Crippen LogP contribution in [-0.2, 0) is 0 Å². The molecule has 2 rings (SSSR count). The Kier molecular flexibility index (Phi) is 2.33. The number of anilines is 1. The largest absolute Gasteiger partial charge is 0.393 e. The lowest BCUT2D eigenvalue weighted by Crippen LogP contribution is -2.39. The summed E-state index contributed by atoms with van der Waals surface area (Å²) in [6.07, 6.45) is 4.47. The average molecular weight is 200 g/mol. The molecule has 13 heavy (non-hydrogen) atoms. The zero-order chi connectivity index (χ0) is 9.26. The van der Waals surface area contributed by atoms with Crippen LogP contribution in [0.2, 0.25) is 5.02 Å². The first-order valence-corrected chi connectivity index (χ1v) is 4.54. The standard InChI is InChI=1S/C8H10ClN3O/c9-5-3-10-8(11-4-5)12-6-1-7(13)2-6/h3-4,6-7,13H,1-2H2,(H,10,11,12). The number of nitrogens with zero attached hydrogens (tertiary/aromatic N) is 2. The molecule has 5 heteroatoms. The third-order valence-electron chi connectivity index (χ3n) is 2.07. The normalized spacial score (nSPS) is 26.6. The summed E-state index contributed by atoms with van der Waals surface area (Å²) in [6, 6.07) is 0.302. The van der Waals surface area contributed by atoms with E-state index in [1.54, 1.807) is 12.4 Å². The molecule has 1 aliphatic rings. The van der Waals surface area contributed by atoms with Gasteiger partial charge in [0.25, 0.3) is 0 Å². The van der Waals surface area contributed by atoms with Gasteiger partial charge < -0.3 is 10.4 Å². The molecule has 0 aliphatic heterocycles. The van der Waals surface area contributed by atoms with Crippen molar-refractivity contribution < 1.29 is 5.11 Å². The third-order valence-corrected chi connectivity index (χ3v) is 2.26. The SMILES string of the molecule is OC1CC(Nc2ncc(Cl)cn2)C1. The molecule has 0 amide bonds. The third kappa shape index (κ3) is 2.08. The number of aliphatic hydroxyl groups is 1. The minimum Gasteiger partial charge on any atom is -0.393 e. The van der Waals surface area contributed by atoms with Gasteiger partial charge >= 0.3 is 0 Å². The summed E-state index contributed by atoms with van der Waals surface area (Å²) >= 11 is 5.63. The Morgan fingerprint density at radius 1 is 1.38 bits per heavy atom. The van der Waals surface area contributed by atoms with Crippen LogP contribution in [0.4, 0.5) is 5.95 Å². The quantitative estimate of drug-likeness (QED) is 0.748. The molecular formula is C8H10ClN3O. The highest BCUT2D eigenvalue weighted by Gasteiger charge is 2.27. The van der Waals surface area contributed by atoms with Gasteiger partial charge in [-0.05, 0) is 12.8 Å². The highest BCUT2D eigenvalue weighted by Crippen LogP contribution is 2.22. The Bertz CT molecular complexity index is 284. The van der Waals surface area contributed by atoms with Crippen molar-refractivity contribution in [2.24, 2.45) is 0 Å². The Hall–Kier alpha value is -0.870. The second-order valence-electron chi connectivity index (χ2n) is 3.19. The molecule has 70 valence electrons. The Balaban J connectivity index is 1.91. The molecule has 0 aromatic carbocycles. The maximum Gasteiger partial charge on any atom is 0.222 e. The van der Waals surface area contributed by atoms with Crippen LogP contribution in [0.3, 0.4) is 0 Å². The molecule has 1 heterocycles. The van der Waals surface area contributed by atoms with Crippen molar-refractivity contribution in [2.75, 3.05) is 5.32 Å². The van der Waals surface area contributed by atoms with Gasteiger partial charge in [0.1, 0.15) is 0 Å². The van der Waals surface area contributed by atoms with E-state index < -0.39 is 0 Å². The molecule has 1 fully saturated rings. The smallest absolute Gasteiger partial charge is 0.222 e. The lowest BCUT2D eigenvalue weighted by molar-refractivity contribution is 0.0834. The molecule has 0 unspecified atom stereocenters. The van der Waals surface area contributed by atoms with Crippen LogP contribution in [0, 0.1) is 0 Å². The van der Waals surface area contributed by atoms with Gasteiger partial charge in [-0.3, -0.25) is 0 Å². The number of aliphatic hydroxyl groups excluding tert-OH is 1. The van der Waals surface area contributed by atoms with Crippen molar-refractivity contribution in [1.82, 2.24) is 9.97 Å². The van der Waals surface area contributed by atoms with Crippen LogP contribution in [-0.4, -0.2) is 27.2 Å². The van der Waals surface area contributed by atoms with Crippen LogP contribution in [0.25, 0.3) is 0 Å². The molecular weight excluding hydrogens is 190 g/mol. The van der Waals surface area contributed by atoms with Crippen molar-refractivity contribution in [3.05, 3.63) is 17.4 Å². The van der Waals surface area contributed by atoms with Crippen molar-refractivity contribution in [3.63, 3.8) is 0 Å². The average Bonchev–Trinajstić information content (AvgIpc) is 2.06. The fourth-order valence-electron chi connectivity index (χ4n) is 1.28. The molecule has 1 aliphatic carbocycles. The Morgan fingerprint density at radius 2 is 2.00 bits per heavy atom. The summed E-state index contributed by atoms with van der Waals surface area (Å²) in [5.74, 6) is 0.571. The minimum absolute atomic E-state index is 0.162. The molecule has 0 saturated heterocycles. The zero-order valence-electron chi connectivity index (χ0n) is 6.94. The van der Waals surface area contributed by atoms with E-state index in [2.05, 4.69) is 15.3 Å². The number of hydrogen-bond donors (Lipinski definition) is 2. The Morgan fingerprint density at radius 3 is 2.54 bits per heavy atom. The van der Waals surface area contributed by atoms with E-state index in [9.17, 15) is 0 Å². The van der Waals surface area contributed by atoms with E-state index in [1.807, 2.05) is 0 Å². The van der Waals surface area contributed by atoms with Gasteiger partial charge in [0, 0.05) is 6.04 Å². The lowest BCUT2D eigenvalue weighted by Gasteiger charge is -2.31. The van der Waals surface area contributed by atoms with Gasteiger partial charge in [-0.15, -0.1) is 0 Å². The summed E-state index contributed by atoms with van der Waals surface area (Å²) in [5.41, 5.74) is 0. The number of aromatic nitrogens is 2. The van der Waals surface area contributed by atoms with Crippen LogP contribution >= 0.6 is 11.6 Å². The maximum atomic E-state index is 9.04. The highest BCUT2D eigenvalue weighted by atomic mass is 35.5. The molecule has 2 N–H and O–H groups in total. The molecule has 0 spiro atoms. The van der Waals surface area contributed by atoms with E-state index in [0.717, 1.165) is 12.8 Å². The second-order valence-corrected chi connectivity index (χ2v) is 3.63. The highest BCUT2D eigenvalue weighted by molar-refractivity contribution is 6.30. The summed E-state index contributed by atoms with van der Waals surface area (Å²) in [4.78, 5) is 7.98. The van der Waals surface area contributed by atoms with Crippen LogP contribution in [0.15, 0.2) is 12.4 Å². The molecule has 0 atom stereocenters. The van der Waals surface area contributed by atoms with Gasteiger partial charge in [0.15, 0.2) is 0 Å². The second kappa shape index (κ2) is 3.47. The molecule has 1 aromatic heterocycles. The first-order valence-electron chi connectivity index (χ1n) is 4.16. The topological polar surface area (TPSA) is 58.0 Å². The molecule has 0 radical (unpaired) electrons. The first kappa shape index (κ1) is 8.72. The number of rotatable bonds is 2. The zero-order valence-corrected chi connectivity index (χ0v) is 7.70. The van der Waals surface area contributed by atoms with Gasteiger partial charge in [-0.1, -0.05) is 11.6 Å². The molecule has 1 aromatic rings. The van der Waals surface area contributed by atoms with Gasteiger partial charge in [-0.2, -0.15) is 0 Å².